The van der Waals surface area contributed by atoms with Gasteiger partial charge in [0.15, 0.2) is 0 Å². The van der Waals surface area contributed by atoms with Gasteiger partial charge in [-0.2, -0.15) is 4.31 Å². The van der Waals surface area contributed by atoms with Crippen molar-refractivity contribution >= 4 is 15.9 Å². The molecule has 0 unspecified atom stereocenters. The molecule has 2 fully saturated rings. The maximum Gasteiger partial charge on any atom is 0.243 e. The molecule has 5 nitrogen and oxygen atoms in total. The van der Waals surface area contributed by atoms with Gasteiger partial charge in [-0.1, -0.05) is 12.1 Å². The molecule has 1 aromatic carbocycles. The Kier molecular flexibility index (Phi) is 4.47. The minimum Gasteiger partial charge on any atom is -0.353 e. The number of aryl methyl sites for hydroxylation is 2. The molecule has 23 heavy (non-hydrogen) atoms. The minimum atomic E-state index is -3.54. The van der Waals surface area contributed by atoms with Crippen molar-refractivity contribution in [1.82, 2.24) is 9.62 Å². The summed E-state index contributed by atoms with van der Waals surface area (Å²) >= 11 is 0. The van der Waals surface area contributed by atoms with E-state index in [0.29, 0.717) is 17.5 Å². The Balaban J connectivity index is 1.79. The van der Waals surface area contributed by atoms with Gasteiger partial charge in [-0.15, -0.1) is 0 Å². The summed E-state index contributed by atoms with van der Waals surface area (Å²) in [6.45, 7) is 4.48. The van der Waals surface area contributed by atoms with Gasteiger partial charge in [0.1, 0.15) is 0 Å². The number of benzene rings is 1. The van der Waals surface area contributed by atoms with Crippen LogP contribution in [0.5, 0.6) is 0 Å². The highest BCUT2D eigenvalue weighted by molar-refractivity contribution is 7.89. The predicted octanol–water partition coefficient (Wildman–Crippen LogP) is 1.98. The van der Waals surface area contributed by atoms with Crippen LogP contribution in [0.15, 0.2) is 23.1 Å². The summed E-state index contributed by atoms with van der Waals surface area (Å²) in [5.41, 5.74) is 1.68. The second-order valence-electron chi connectivity index (χ2n) is 6.75. The third-order valence-corrected chi connectivity index (χ3v) is 6.65. The molecule has 1 aromatic rings. The first-order valence-corrected chi connectivity index (χ1v) is 9.70. The van der Waals surface area contributed by atoms with Crippen molar-refractivity contribution < 1.29 is 13.2 Å². The number of nitrogens with one attached hydrogen (secondary N) is 1. The van der Waals surface area contributed by atoms with Crippen molar-refractivity contribution in [3.63, 3.8) is 0 Å². The lowest BCUT2D eigenvalue weighted by Crippen LogP contribution is -2.45. The zero-order valence-corrected chi connectivity index (χ0v) is 14.5. The zero-order valence-electron chi connectivity index (χ0n) is 13.7. The summed E-state index contributed by atoms with van der Waals surface area (Å²) in [5.74, 6) is -0.224. The van der Waals surface area contributed by atoms with Crippen molar-refractivity contribution in [3.05, 3.63) is 29.3 Å². The van der Waals surface area contributed by atoms with Crippen LogP contribution in [0.1, 0.15) is 36.8 Å². The molecular formula is C17H24N2O3S. The molecule has 1 saturated heterocycles. The highest BCUT2D eigenvalue weighted by Gasteiger charge is 2.35. The first-order valence-electron chi connectivity index (χ1n) is 8.25. The lowest BCUT2D eigenvalue weighted by molar-refractivity contribution is -0.126. The van der Waals surface area contributed by atoms with Gasteiger partial charge in [0.2, 0.25) is 15.9 Å². The van der Waals surface area contributed by atoms with E-state index in [-0.39, 0.29) is 18.4 Å². The van der Waals surface area contributed by atoms with Gasteiger partial charge in [-0.05, 0) is 56.7 Å². The second kappa shape index (κ2) is 6.24. The van der Waals surface area contributed by atoms with E-state index in [4.69, 9.17) is 0 Å². The largest absolute Gasteiger partial charge is 0.353 e. The first-order chi connectivity index (χ1) is 10.9. The molecule has 1 N–H and O–H groups in total. The van der Waals surface area contributed by atoms with E-state index in [1.807, 2.05) is 26.0 Å². The van der Waals surface area contributed by atoms with Crippen molar-refractivity contribution in [2.45, 2.75) is 50.5 Å². The molecule has 1 aliphatic carbocycles. The Morgan fingerprint density at radius 3 is 2.65 bits per heavy atom. The maximum absolute atomic E-state index is 13.0. The average Bonchev–Trinajstić information content (AvgIpc) is 3.33. The van der Waals surface area contributed by atoms with E-state index in [1.165, 1.54) is 4.31 Å². The lowest BCUT2D eigenvalue weighted by atomic mass is 9.99. The van der Waals surface area contributed by atoms with Crippen LogP contribution in [0, 0.1) is 19.8 Å². The fourth-order valence-electron chi connectivity index (χ4n) is 3.05. The van der Waals surface area contributed by atoms with Gasteiger partial charge >= 0.3 is 0 Å². The molecule has 1 heterocycles. The van der Waals surface area contributed by atoms with Crippen LogP contribution in [-0.4, -0.2) is 37.8 Å². The predicted molar refractivity (Wildman–Crippen MR) is 88.6 cm³/mol. The Bertz CT molecular complexity index is 711. The summed E-state index contributed by atoms with van der Waals surface area (Å²) in [6, 6.07) is 5.78. The number of amides is 1. The second-order valence-corrected chi connectivity index (χ2v) is 8.66. The van der Waals surface area contributed by atoms with Crippen LogP contribution in [0.4, 0.5) is 0 Å². The fraction of sp³-hybridized carbons (Fsp3) is 0.588. The fourth-order valence-corrected chi connectivity index (χ4v) is 4.88. The van der Waals surface area contributed by atoms with E-state index in [0.717, 1.165) is 36.8 Å². The quantitative estimate of drug-likeness (QED) is 0.914. The standard InChI is InChI=1S/C17H24N2O3S/c1-12-5-6-13(2)16(10-12)23(21,22)19-9-3-4-14(11-19)17(20)18-15-7-8-15/h5-6,10,14-15H,3-4,7-9,11H2,1-2H3,(H,18,20)/t14-/m1/s1. The Labute approximate surface area is 138 Å². The first kappa shape index (κ1) is 16.5. The molecule has 1 amide bonds. The number of hydrogen-bond donors (Lipinski definition) is 1. The van der Waals surface area contributed by atoms with Gasteiger partial charge in [0.25, 0.3) is 0 Å². The number of piperidine rings is 1. The van der Waals surface area contributed by atoms with Crippen LogP contribution in [0.25, 0.3) is 0 Å². The normalized spacial score (nSPS) is 22.8. The molecule has 0 spiro atoms. The maximum atomic E-state index is 13.0. The summed E-state index contributed by atoms with van der Waals surface area (Å²) < 4.78 is 27.4. The van der Waals surface area contributed by atoms with Crippen LogP contribution in [-0.2, 0) is 14.8 Å². The molecule has 1 aliphatic heterocycles. The van der Waals surface area contributed by atoms with Crippen LogP contribution >= 0.6 is 0 Å². The summed E-state index contributed by atoms with van der Waals surface area (Å²) in [6.07, 6.45) is 3.58. The topological polar surface area (TPSA) is 66.5 Å². The van der Waals surface area contributed by atoms with Crippen LogP contribution in [0.2, 0.25) is 0 Å². The third kappa shape index (κ3) is 3.58. The van der Waals surface area contributed by atoms with Gasteiger partial charge in [-0.3, -0.25) is 4.79 Å². The molecule has 126 valence electrons. The Morgan fingerprint density at radius 2 is 1.96 bits per heavy atom. The molecule has 0 aromatic heterocycles. The van der Waals surface area contributed by atoms with E-state index >= 15 is 0 Å². The lowest BCUT2D eigenvalue weighted by Gasteiger charge is -2.31. The number of hydrogen-bond acceptors (Lipinski definition) is 3. The molecule has 2 aliphatic rings. The van der Waals surface area contributed by atoms with Crippen LogP contribution in [0.3, 0.4) is 0 Å². The van der Waals surface area contributed by atoms with Crippen molar-refractivity contribution in [1.29, 1.82) is 0 Å². The molecule has 0 bridgehead atoms. The Morgan fingerprint density at radius 1 is 1.22 bits per heavy atom. The van der Waals surface area contributed by atoms with E-state index in [2.05, 4.69) is 5.32 Å². The summed E-state index contributed by atoms with van der Waals surface area (Å²) in [7, 11) is -3.54. The number of nitrogens with zero attached hydrogens (tertiary/aromatic N) is 1. The van der Waals surface area contributed by atoms with E-state index in [1.54, 1.807) is 6.07 Å². The highest BCUT2D eigenvalue weighted by Crippen LogP contribution is 2.27. The molecule has 6 heteroatoms. The molecule has 1 saturated carbocycles. The highest BCUT2D eigenvalue weighted by atomic mass is 32.2. The van der Waals surface area contributed by atoms with Gasteiger partial charge < -0.3 is 5.32 Å². The summed E-state index contributed by atoms with van der Waals surface area (Å²) in [4.78, 5) is 12.6. The van der Waals surface area contributed by atoms with Gasteiger partial charge in [0, 0.05) is 19.1 Å². The smallest absolute Gasteiger partial charge is 0.243 e. The molecule has 3 rings (SSSR count). The molecular weight excluding hydrogens is 312 g/mol. The minimum absolute atomic E-state index is 0.00774. The van der Waals surface area contributed by atoms with Crippen LogP contribution < -0.4 is 5.32 Å². The molecule has 0 radical (unpaired) electrons. The van der Waals surface area contributed by atoms with E-state index in [9.17, 15) is 13.2 Å². The van der Waals surface area contributed by atoms with Crippen molar-refractivity contribution in [3.8, 4) is 0 Å². The monoisotopic (exact) mass is 336 g/mol. The summed E-state index contributed by atoms with van der Waals surface area (Å²) in [5, 5.41) is 3.00. The Hall–Kier alpha value is -1.40. The number of carbonyl (C=O) groups excluding carboxylic acids is 1. The molecule has 1 atom stereocenters. The average molecular weight is 336 g/mol. The van der Waals surface area contributed by atoms with Gasteiger partial charge in [-0.25, -0.2) is 8.42 Å². The number of carbonyl (C=O) groups is 1. The third-order valence-electron chi connectivity index (χ3n) is 4.64. The van der Waals surface area contributed by atoms with E-state index < -0.39 is 10.0 Å². The number of rotatable bonds is 4. The van der Waals surface area contributed by atoms with Crippen molar-refractivity contribution in [2.75, 3.05) is 13.1 Å². The SMILES string of the molecule is Cc1ccc(C)c(S(=O)(=O)N2CCC[C@@H](C(=O)NC3CC3)C2)c1. The van der Waals surface area contributed by atoms with Crippen molar-refractivity contribution in [2.24, 2.45) is 5.92 Å². The number of sulfonamides is 1. The van der Waals surface area contributed by atoms with Gasteiger partial charge in [0.05, 0.1) is 10.8 Å². The zero-order chi connectivity index (χ0) is 16.6.